The minimum atomic E-state index is -0.190. The summed E-state index contributed by atoms with van der Waals surface area (Å²) in [6, 6.07) is 5.48. The van der Waals surface area contributed by atoms with E-state index in [1.165, 1.54) is 6.42 Å². The van der Waals surface area contributed by atoms with Crippen molar-refractivity contribution in [1.82, 2.24) is 5.32 Å². The lowest BCUT2D eigenvalue weighted by atomic mass is 9.85. The maximum Gasteiger partial charge on any atom is 0.319 e. The summed E-state index contributed by atoms with van der Waals surface area (Å²) in [6.07, 6.45) is 3.48. The van der Waals surface area contributed by atoms with Crippen molar-refractivity contribution in [3.05, 3.63) is 23.8 Å². The van der Waals surface area contributed by atoms with Crippen molar-refractivity contribution in [2.24, 2.45) is 17.8 Å². The van der Waals surface area contributed by atoms with Gasteiger partial charge >= 0.3 is 6.03 Å². The molecule has 2 bridgehead atoms. The second-order valence-corrected chi connectivity index (χ2v) is 6.48. The second kappa shape index (κ2) is 6.16. The summed E-state index contributed by atoms with van der Waals surface area (Å²) in [5.74, 6) is 2.08. The second-order valence-electron chi connectivity index (χ2n) is 6.48. The van der Waals surface area contributed by atoms with Gasteiger partial charge in [-0.05, 0) is 61.8 Å². The number of urea groups is 1. The third-order valence-corrected chi connectivity index (χ3v) is 5.28. The van der Waals surface area contributed by atoms with Crippen LogP contribution in [0.15, 0.2) is 18.2 Å². The molecule has 3 rings (SSSR count). The number of benzene rings is 1. The molecule has 0 aliphatic heterocycles. The van der Waals surface area contributed by atoms with Crippen LogP contribution in [0.25, 0.3) is 0 Å². The molecule has 5 heteroatoms. The summed E-state index contributed by atoms with van der Waals surface area (Å²) in [6.45, 7) is 2.10. The monoisotopic (exact) mass is 304 g/mol. The average Bonchev–Trinajstić information content (AvgIpc) is 3.10. The third kappa shape index (κ3) is 2.77. The van der Waals surface area contributed by atoms with E-state index in [0.29, 0.717) is 11.8 Å². The predicted octanol–water partition coefficient (Wildman–Crippen LogP) is 2.53. The summed E-state index contributed by atoms with van der Waals surface area (Å²) < 4.78 is 5.17. The number of aryl methyl sites for hydroxylation is 1. The highest BCUT2D eigenvalue weighted by Crippen LogP contribution is 2.48. The summed E-state index contributed by atoms with van der Waals surface area (Å²) >= 11 is 0. The first-order valence-corrected chi connectivity index (χ1v) is 7.95. The molecule has 120 valence electrons. The number of aliphatic hydroxyl groups is 1. The molecule has 1 aromatic rings. The van der Waals surface area contributed by atoms with Crippen molar-refractivity contribution in [1.29, 1.82) is 0 Å². The first-order valence-electron chi connectivity index (χ1n) is 7.95. The van der Waals surface area contributed by atoms with Gasteiger partial charge in [-0.25, -0.2) is 4.79 Å². The number of aliphatic hydroxyl groups excluding tert-OH is 1. The topological polar surface area (TPSA) is 70.6 Å². The first-order chi connectivity index (χ1) is 10.6. The molecule has 2 fully saturated rings. The Hall–Kier alpha value is -1.75. The lowest BCUT2D eigenvalue weighted by molar-refractivity contribution is 0.146. The summed E-state index contributed by atoms with van der Waals surface area (Å²) in [4.78, 5) is 12.3. The molecule has 0 aromatic heterocycles. The molecular weight excluding hydrogens is 280 g/mol. The smallest absolute Gasteiger partial charge is 0.319 e. The Labute approximate surface area is 131 Å². The zero-order valence-electron chi connectivity index (χ0n) is 13.1. The molecule has 22 heavy (non-hydrogen) atoms. The van der Waals surface area contributed by atoms with Gasteiger partial charge in [0.15, 0.2) is 0 Å². The number of amides is 2. The van der Waals surface area contributed by atoms with Crippen LogP contribution in [-0.2, 0) is 0 Å². The largest absolute Gasteiger partial charge is 0.497 e. The van der Waals surface area contributed by atoms with E-state index in [1.54, 1.807) is 7.11 Å². The predicted molar refractivity (Wildman–Crippen MR) is 85.1 cm³/mol. The minimum Gasteiger partial charge on any atom is -0.497 e. The molecule has 0 heterocycles. The molecule has 5 nitrogen and oxygen atoms in total. The van der Waals surface area contributed by atoms with E-state index in [-0.39, 0.29) is 24.6 Å². The molecule has 1 aromatic carbocycles. The van der Waals surface area contributed by atoms with E-state index in [0.717, 1.165) is 29.8 Å². The highest BCUT2D eigenvalue weighted by atomic mass is 16.5. The van der Waals surface area contributed by atoms with Gasteiger partial charge in [0.25, 0.3) is 0 Å². The van der Waals surface area contributed by atoms with Crippen molar-refractivity contribution < 1.29 is 14.6 Å². The number of fused-ring (bicyclic) bond motifs is 2. The molecule has 0 saturated heterocycles. The van der Waals surface area contributed by atoms with Crippen LogP contribution in [0.5, 0.6) is 5.75 Å². The number of methoxy groups -OCH3 is 1. The summed E-state index contributed by atoms with van der Waals surface area (Å²) in [5, 5.41) is 15.6. The van der Waals surface area contributed by atoms with Gasteiger partial charge in [0.2, 0.25) is 0 Å². The lowest BCUT2D eigenvalue weighted by Gasteiger charge is -2.30. The molecule has 2 saturated carbocycles. The van der Waals surface area contributed by atoms with Gasteiger partial charge in [-0.15, -0.1) is 0 Å². The molecule has 4 atom stereocenters. The average molecular weight is 304 g/mol. The van der Waals surface area contributed by atoms with E-state index in [1.807, 2.05) is 25.1 Å². The van der Waals surface area contributed by atoms with Crippen molar-refractivity contribution in [3.63, 3.8) is 0 Å². The molecule has 0 spiro atoms. The SMILES string of the molecule is COc1ccc(NC(=O)N[C@@H]2[C@H]3CC[C@@H](C3)[C@@H]2CO)c(C)c1. The van der Waals surface area contributed by atoms with E-state index in [2.05, 4.69) is 10.6 Å². The minimum absolute atomic E-state index is 0.0994. The Bertz CT molecular complexity index is 561. The number of ether oxygens (including phenoxy) is 1. The van der Waals surface area contributed by atoms with Gasteiger partial charge in [-0.1, -0.05) is 0 Å². The van der Waals surface area contributed by atoms with Crippen LogP contribution in [-0.4, -0.2) is 30.9 Å². The fourth-order valence-corrected chi connectivity index (χ4v) is 4.11. The van der Waals surface area contributed by atoms with Gasteiger partial charge in [-0.3, -0.25) is 0 Å². The first kappa shape index (κ1) is 15.2. The van der Waals surface area contributed by atoms with Crippen molar-refractivity contribution in [2.75, 3.05) is 19.0 Å². The molecule has 3 N–H and O–H groups in total. The third-order valence-electron chi connectivity index (χ3n) is 5.28. The molecular formula is C17H24N2O3. The van der Waals surface area contributed by atoms with Gasteiger partial charge in [0.05, 0.1) is 7.11 Å². The van der Waals surface area contributed by atoms with Crippen LogP contribution in [0.4, 0.5) is 10.5 Å². The number of nitrogens with one attached hydrogen (secondary N) is 2. The van der Waals surface area contributed by atoms with Crippen LogP contribution in [0, 0.1) is 24.7 Å². The number of carbonyl (C=O) groups excluding carboxylic acids is 1. The number of rotatable bonds is 4. The quantitative estimate of drug-likeness (QED) is 0.800. The summed E-state index contributed by atoms with van der Waals surface area (Å²) in [7, 11) is 1.62. The Morgan fingerprint density at radius 1 is 1.36 bits per heavy atom. The fraction of sp³-hybridized carbons (Fsp3) is 0.588. The highest BCUT2D eigenvalue weighted by molar-refractivity contribution is 5.90. The van der Waals surface area contributed by atoms with Crippen LogP contribution in [0.1, 0.15) is 24.8 Å². The van der Waals surface area contributed by atoms with Crippen LogP contribution in [0.2, 0.25) is 0 Å². The molecule has 0 radical (unpaired) electrons. The van der Waals surface area contributed by atoms with E-state index < -0.39 is 0 Å². The van der Waals surface area contributed by atoms with E-state index >= 15 is 0 Å². The van der Waals surface area contributed by atoms with Gasteiger partial charge in [-0.2, -0.15) is 0 Å². The Balaban J connectivity index is 1.63. The molecule has 2 aliphatic rings. The zero-order valence-corrected chi connectivity index (χ0v) is 13.1. The maximum absolute atomic E-state index is 12.3. The Morgan fingerprint density at radius 2 is 2.14 bits per heavy atom. The van der Waals surface area contributed by atoms with Crippen LogP contribution >= 0.6 is 0 Å². The lowest BCUT2D eigenvalue weighted by Crippen LogP contribution is -2.46. The molecule has 2 amide bonds. The number of carbonyl (C=O) groups is 1. The van der Waals surface area contributed by atoms with E-state index in [4.69, 9.17) is 4.74 Å². The van der Waals surface area contributed by atoms with E-state index in [9.17, 15) is 9.90 Å². The standard InChI is InChI=1S/C17H24N2O3/c1-10-7-13(22-2)5-6-15(10)18-17(21)19-16-12-4-3-11(8-12)14(16)9-20/h5-7,11-12,14,16,20H,3-4,8-9H2,1-2H3,(H2,18,19,21)/t11-,12-,14-,16+/m0/s1. The van der Waals surface area contributed by atoms with Gasteiger partial charge in [0.1, 0.15) is 5.75 Å². The molecule has 0 unspecified atom stereocenters. The van der Waals surface area contributed by atoms with Crippen LogP contribution in [0.3, 0.4) is 0 Å². The maximum atomic E-state index is 12.3. The van der Waals surface area contributed by atoms with Crippen molar-refractivity contribution in [2.45, 2.75) is 32.2 Å². The highest BCUT2D eigenvalue weighted by Gasteiger charge is 2.47. The van der Waals surface area contributed by atoms with Crippen molar-refractivity contribution in [3.8, 4) is 5.75 Å². The zero-order chi connectivity index (χ0) is 15.7. The molecule has 2 aliphatic carbocycles. The Morgan fingerprint density at radius 3 is 2.82 bits per heavy atom. The summed E-state index contributed by atoms with van der Waals surface area (Å²) in [5.41, 5.74) is 1.74. The van der Waals surface area contributed by atoms with Gasteiger partial charge < -0.3 is 20.5 Å². The van der Waals surface area contributed by atoms with Crippen molar-refractivity contribution >= 4 is 11.7 Å². The fourth-order valence-electron chi connectivity index (χ4n) is 4.11. The number of hydrogen-bond donors (Lipinski definition) is 3. The number of anilines is 1. The normalized spacial score (nSPS) is 29.4. The van der Waals surface area contributed by atoms with Crippen LogP contribution < -0.4 is 15.4 Å². The number of hydrogen-bond acceptors (Lipinski definition) is 3. The Kier molecular flexibility index (Phi) is 4.25. The van der Waals surface area contributed by atoms with Gasteiger partial charge in [0, 0.05) is 24.3 Å².